The van der Waals surface area contributed by atoms with Gasteiger partial charge in [0.2, 0.25) is 0 Å². The number of methoxy groups -OCH3 is 1. The van der Waals surface area contributed by atoms with Crippen molar-refractivity contribution in [3.8, 4) is 0 Å². The Balaban J connectivity index is 1.76. The zero-order chi connectivity index (χ0) is 16.2. The Bertz CT molecular complexity index is 650. The molecule has 23 heavy (non-hydrogen) atoms. The second-order valence-electron chi connectivity index (χ2n) is 6.28. The van der Waals surface area contributed by atoms with Crippen LogP contribution in [0.3, 0.4) is 0 Å². The van der Waals surface area contributed by atoms with Gasteiger partial charge in [0.1, 0.15) is 5.82 Å². The number of ether oxygens (including phenoxy) is 2. The number of nitrogens with zero attached hydrogens (tertiary/aromatic N) is 1. The summed E-state index contributed by atoms with van der Waals surface area (Å²) in [6, 6.07) is 4.90. The molecule has 1 saturated heterocycles. The zero-order valence-electron chi connectivity index (χ0n) is 13.9. The smallest absolute Gasteiger partial charge is 0.123 e. The van der Waals surface area contributed by atoms with E-state index in [4.69, 9.17) is 9.47 Å². The van der Waals surface area contributed by atoms with Crippen molar-refractivity contribution in [2.45, 2.75) is 32.4 Å². The SMILES string of the molecule is COCCN(Cc1[nH]c2ccc(F)cc2c1C)C[C@H]1CCCO1. The summed E-state index contributed by atoms with van der Waals surface area (Å²) in [5.74, 6) is -0.193. The molecule has 0 bridgehead atoms. The Kier molecular flexibility index (Phi) is 5.30. The molecule has 4 nitrogen and oxygen atoms in total. The van der Waals surface area contributed by atoms with Crippen LogP contribution in [0.5, 0.6) is 0 Å². The van der Waals surface area contributed by atoms with Gasteiger partial charge in [0.15, 0.2) is 0 Å². The molecule has 1 aromatic carbocycles. The van der Waals surface area contributed by atoms with Gasteiger partial charge >= 0.3 is 0 Å². The van der Waals surface area contributed by atoms with E-state index in [-0.39, 0.29) is 5.82 Å². The van der Waals surface area contributed by atoms with Gasteiger partial charge in [-0.1, -0.05) is 0 Å². The Morgan fingerprint density at radius 2 is 2.30 bits per heavy atom. The lowest BCUT2D eigenvalue weighted by molar-refractivity contribution is 0.0583. The van der Waals surface area contributed by atoms with Crippen LogP contribution in [-0.2, 0) is 16.0 Å². The van der Waals surface area contributed by atoms with Crippen LogP contribution in [0, 0.1) is 12.7 Å². The van der Waals surface area contributed by atoms with E-state index in [1.807, 2.05) is 6.92 Å². The van der Waals surface area contributed by atoms with Gasteiger partial charge in [-0.2, -0.15) is 0 Å². The van der Waals surface area contributed by atoms with E-state index in [1.54, 1.807) is 19.2 Å². The number of hydrogen-bond acceptors (Lipinski definition) is 3. The lowest BCUT2D eigenvalue weighted by atomic mass is 10.1. The number of halogens is 1. The minimum Gasteiger partial charge on any atom is -0.383 e. The highest BCUT2D eigenvalue weighted by molar-refractivity contribution is 5.84. The number of nitrogens with one attached hydrogen (secondary N) is 1. The van der Waals surface area contributed by atoms with Crippen LogP contribution in [0.4, 0.5) is 4.39 Å². The maximum absolute atomic E-state index is 13.5. The number of aryl methyl sites for hydroxylation is 1. The third kappa shape index (κ3) is 3.91. The Morgan fingerprint density at radius 1 is 1.43 bits per heavy atom. The third-order valence-corrected chi connectivity index (χ3v) is 4.60. The van der Waals surface area contributed by atoms with E-state index in [9.17, 15) is 4.39 Å². The number of benzene rings is 1. The quantitative estimate of drug-likeness (QED) is 0.851. The minimum atomic E-state index is -0.193. The molecule has 1 aromatic heterocycles. The van der Waals surface area contributed by atoms with Gasteiger partial charge in [0, 0.05) is 49.9 Å². The minimum absolute atomic E-state index is 0.193. The summed E-state index contributed by atoms with van der Waals surface area (Å²) in [4.78, 5) is 5.79. The largest absolute Gasteiger partial charge is 0.383 e. The van der Waals surface area contributed by atoms with Gasteiger partial charge in [-0.15, -0.1) is 0 Å². The molecule has 0 unspecified atom stereocenters. The first kappa shape index (κ1) is 16.4. The molecule has 1 N–H and O–H groups in total. The van der Waals surface area contributed by atoms with Crippen molar-refractivity contribution in [1.29, 1.82) is 0 Å². The number of aromatic nitrogens is 1. The molecule has 3 rings (SSSR count). The zero-order valence-corrected chi connectivity index (χ0v) is 13.9. The summed E-state index contributed by atoms with van der Waals surface area (Å²) < 4.78 is 24.5. The van der Waals surface area contributed by atoms with Crippen LogP contribution >= 0.6 is 0 Å². The molecule has 1 fully saturated rings. The molecule has 1 aliphatic rings. The Morgan fingerprint density at radius 3 is 3.04 bits per heavy atom. The first-order valence-electron chi connectivity index (χ1n) is 8.27. The Labute approximate surface area is 136 Å². The molecule has 126 valence electrons. The topological polar surface area (TPSA) is 37.5 Å². The van der Waals surface area contributed by atoms with Crippen LogP contribution in [0.25, 0.3) is 10.9 Å². The van der Waals surface area contributed by atoms with Gasteiger partial charge in [0.05, 0.1) is 12.7 Å². The summed E-state index contributed by atoms with van der Waals surface area (Å²) in [5.41, 5.74) is 3.25. The summed E-state index contributed by atoms with van der Waals surface area (Å²) in [5, 5.41) is 0.962. The molecule has 0 spiro atoms. The molecule has 0 amide bonds. The Hall–Kier alpha value is -1.43. The highest BCUT2D eigenvalue weighted by Gasteiger charge is 2.20. The molecule has 2 aromatic rings. The highest BCUT2D eigenvalue weighted by Crippen LogP contribution is 2.24. The van der Waals surface area contributed by atoms with Crippen molar-refractivity contribution < 1.29 is 13.9 Å². The molecular formula is C18H25FN2O2. The summed E-state index contributed by atoms with van der Waals surface area (Å²) in [6.07, 6.45) is 2.59. The average Bonchev–Trinajstić information content (AvgIpc) is 3.15. The second-order valence-corrected chi connectivity index (χ2v) is 6.28. The highest BCUT2D eigenvalue weighted by atomic mass is 19.1. The first-order valence-corrected chi connectivity index (χ1v) is 8.27. The fourth-order valence-electron chi connectivity index (χ4n) is 3.27. The molecular weight excluding hydrogens is 295 g/mol. The van der Waals surface area contributed by atoms with Gasteiger partial charge in [0.25, 0.3) is 0 Å². The van der Waals surface area contributed by atoms with E-state index in [1.165, 1.54) is 6.07 Å². The van der Waals surface area contributed by atoms with Crippen molar-refractivity contribution in [3.05, 3.63) is 35.3 Å². The maximum Gasteiger partial charge on any atom is 0.123 e. The molecule has 1 atom stereocenters. The number of hydrogen-bond donors (Lipinski definition) is 1. The first-order chi connectivity index (χ1) is 11.2. The van der Waals surface area contributed by atoms with Gasteiger partial charge in [-0.25, -0.2) is 4.39 Å². The monoisotopic (exact) mass is 320 g/mol. The molecule has 0 aliphatic carbocycles. The van der Waals surface area contributed by atoms with Crippen molar-refractivity contribution in [2.75, 3.05) is 33.4 Å². The van der Waals surface area contributed by atoms with Crippen LogP contribution in [0.1, 0.15) is 24.1 Å². The fraction of sp³-hybridized carbons (Fsp3) is 0.556. The fourth-order valence-corrected chi connectivity index (χ4v) is 3.27. The van der Waals surface area contributed by atoms with Crippen LogP contribution in [0.15, 0.2) is 18.2 Å². The molecule has 0 radical (unpaired) electrons. The molecule has 1 aliphatic heterocycles. The van der Waals surface area contributed by atoms with E-state index in [0.717, 1.165) is 61.2 Å². The van der Waals surface area contributed by atoms with Crippen LogP contribution < -0.4 is 0 Å². The van der Waals surface area contributed by atoms with E-state index in [2.05, 4.69) is 9.88 Å². The number of rotatable bonds is 7. The normalized spacial score (nSPS) is 18.3. The molecule has 5 heteroatoms. The number of fused-ring (bicyclic) bond motifs is 1. The van der Waals surface area contributed by atoms with Crippen LogP contribution in [0.2, 0.25) is 0 Å². The summed E-state index contributed by atoms with van der Waals surface area (Å²) >= 11 is 0. The van der Waals surface area contributed by atoms with E-state index >= 15 is 0 Å². The lowest BCUT2D eigenvalue weighted by Crippen LogP contribution is -2.34. The van der Waals surface area contributed by atoms with Crippen molar-refractivity contribution in [3.63, 3.8) is 0 Å². The van der Waals surface area contributed by atoms with Crippen LogP contribution in [-0.4, -0.2) is 49.4 Å². The summed E-state index contributed by atoms with van der Waals surface area (Å²) in [6.45, 7) is 6.18. The number of H-pyrrole nitrogens is 1. The maximum atomic E-state index is 13.5. The van der Waals surface area contributed by atoms with Gasteiger partial charge < -0.3 is 14.5 Å². The standard InChI is InChI=1S/C18H25FN2O2/c1-13-16-10-14(19)5-6-17(16)20-18(13)12-21(7-9-22-2)11-15-4-3-8-23-15/h5-6,10,15,20H,3-4,7-9,11-12H2,1-2H3/t15-/m1/s1. The van der Waals surface area contributed by atoms with E-state index in [0.29, 0.717) is 12.7 Å². The third-order valence-electron chi connectivity index (χ3n) is 4.60. The van der Waals surface area contributed by atoms with Crippen molar-refractivity contribution >= 4 is 10.9 Å². The lowest BCUT2D eigenvalue weighted by Gasteiger charge is -2.24. The average molecular weight is 320 g/mol. The van der Waals surface area contributed by atoms with E-state index < -0.39 is 0 Å². The van der Waals surface area contributed by atoms with Crippen molar-refractivity contribution in [1.82, 2.24) is 9.88 Å². The second kappa shape index (κ2) is 7.43. The van der Waals surface area contributed by atoms with Gasteiger partial charge in [-0.05, 0) is 43.5 Å². The number of aromatic amines is 1. The predicted octanol–water partition coefficient (Wildman–Crippen LogP) is 3.24. The summed E-state index contributed by atoms with van der Waals surface area (Å²) in [7, 11) is 1.72. The molecule has 2 heterocycles. The van der Waals surface area contributed by atoms with Gasteiger partial charge in [-0.3, -0.25) is 4.90 Å². The predicted molar refractivity (Wildman–Crippen MR) is 89.1 cm³/mol. The molecule has 0 saturated carbocycles. The van der Waals surface area contributed by atoms with Crippen molar-refractivity contribution in [2.24, 2.45) is 0 Å².